The number of hydrogen-bond donors (Lipinski definition) is 0. The fraction of sp³-hybridized carbons (Fsp3) is 0.0769. The third kappa shape index (κ3) is 6.31. The number of rotatable bonds is 6. The topological polar surface area (TPSA) is 61.8 Å². The minimum absolute atomic E-state index is 0.197. The predicted molar refractivity (Wildman–Crippen MR) is 117 cm³/mol. The van der Waals surface area contributed by atoms with E-state index in [1.165, 1.54) is 36.4 Å². The zero-order valence-electron chi connectivity index (χ0n) is 17.3. The van der Waals surface area contributed by atoms with E-state index >= 15 is 0 Å². The Kier molecular flexibility index (Phi) is 7.39. The van der Waals surface area contributed by atoms with Crippen molar-refractivity contribution < 1.29 is 28.2 Å². The lowest BCUT2D eigenvalue weighted by molar-refractivity contribution is -0.144. The van der Waals surface area contributed by atoms with E-state index in [-0.39, 0.29) is 18.1 Å². The molecule has 3 rings (SSSR count). The van der Waals surface area contributed by atoms with E-state index in [0.717, 1.165) is 17.2 Å². The van der Waals surface area contributed by atoms with E-state index in [4.69, 9.17) is 14.2 Å². The molecule has 160 valence electrons. The van der Waals surface area contributed by atoms with Crippen molar-refractivity contribution in [3.63, 3.8) is 0 Å². The largest absolute Gasteiger partial charge is 0.457 e. The van der Waals surface area contributed by atoms with Crippen LogP contribution < -0.4 is 9.47 Å². The third-order valence-electron chi connectivity index (χ3n) is 4.22. The van der Waals surface area contributed by atoms with Crippen molar-refractivity contribution >= 4 is 11.9 Å². The first kappa shape index (κ1) is 22.3. The normalized spacial score (nSPS) is 9.81. The van der Waals surface area contributed by atoms with Gasteiger partial charge in [0.25, 0.3) is 0 Å². The average molecular weight is 430 g/mol. The van der Waals surface area contributed by atoms with Crippen LogP contribution in [0.2, 0.25) is 0 Å². The zero-order valence-corrected chi connectivity index (χ0v) is 17.3. The maximum Gasteiger partial charge on any atom is 0.343 e. The molecule has 0 aromatic heterocycles. The number of esters is 2. The molecule has 32 heavy (non-hydrogen) atoms. The van der Waals surface area contributed by atoms with Gasteiger partial charge in [0, 0.05) is 17.2 Å². The molecule has 0 unspecified atom stereocenters. The van der Waals surface area contributed by atoms with Gasteiger partial charge in [-0.25, -0.2) is 14.0 Å². The van der Waals surface area contributed by atoms with E-state index < -0.39 is 17.8 Å². The molecule has 0 saturated heterocycles. The fourth-order valence-electron chi connectivity index (χ4n) is 2.50. The van der Waals surface area contributed by atoms with Crippen molar-refractivity contribution in [2.45, 2.75) is 6.92 Å². The molecule has 5 nitrogen and oxygen atoms in total. The minimum Gasteiger partial charge on any atom is -0.457 e. The summed E-state index contributed by atoms with van der Waals surface area (Å²) in [7, 11) is 0. The highest BCUT2D eigenvalue weighted by Crippen LogP contribution is 2.20. The van der Waals surface area contributed by atoms with Crippen LogP contribution in [0.5, 0.6) is 11.5 Å². The third-order valence-corrected chi connectivity index (χ3v) is 4.22. The maximum absolute atomic E-state index is 14.4. The Labute approximate surface area is 185 Å². The monoisotopic (exact) mass is 430 g/mol. The van der Waals surface area contributed by atoms with E-state index in [9.17, 15) is 14.0 Å². The fourth-order valence-corrected chi connectivity index (χ4v) is 2.50. The van der Waals surface area contributed by atoms with Crippen molar-refractivity contribution in [2.24, 2.45) is 0 Å². The lowest BCUT2D eigenvalue weighted by atomic mass is 10.1. The molecule has 6 heteroatoms. The van der Waals surface area contributed by atoms with Gasteiger partial charge in [-0.15, -0.1) is 0 Å². The highest BCUT2D eigenvalue weighted by molar-refractivity contribution is 5.91. The number of carbonyl (C=O) groups excluding carboxylic acids is 2. The average Bonchev–Trinajstić information content (AvgIpc) is 2.80. The van der Waals surface area contributed by atoms with Crippen molar-refractivity contribution in [1.82, 2.24) is 0 Å². The minimum atomic E-state index is -0.730. The maximum atomic E-state index is 14.4. The predicted octanol–water partition coefficient (Wildman–Crippen LogP) is 4.82. The first-order chi connectivity index (χ1) is 15.4. The molecule has 0 aliphatic heterocycles. The van der Waals surface area contributed by atoms with Gasteiger partial charge in [-0.1, -0.05) is 36.1 Å². The Hall–Kier alpha value is -4.37. The summed E-state index contributed by atoms with van der Waals surface area (Å²) >= 11 is 0. The summed E-state index contributed by atoms with van der Waals surface area (Å²) in [5, 5.41) is 0. The van der Waals surface area contributed by atoms with E-state index in [2.05, 4.69) is 18.4 Å². The number of halogens is 1. The van der Waals surface area contributed by atoms with Gasteiger partial charge < -0.3 is 14.2 Å². The highest BCUT2D eigenvalue weighted by atomic mass is 19.1. The van der Waals surface area contributed by atoms with Crippen LogP contribution in [-0.4, -0.2) is 18.7 Å². The molecule has 0 bridgehead atoms. The number of ether oxygens (including phenoxy) is 3. The van der Waals surface area contributed by atoms with Crippen LogP contribution in [0.1, 0.15) is 27.0 Å². The molecule has 0 atom stereocenters. The zero-order chi connectivity index (χ0) is 22.9. The first-order valence-corrected chi connectivity index (χ1v) is 9.57. The van der Waals surface area contributed by atoms with Crippen LogP contribution in [0.25, 0.3) is 0 Å². The summed E-state index contributed by atoms with van der Waals surface area (Å²) in [4.78, 5) is 23.3. The summed E-state index contributed by atoms with van der Waals surface area (Å²) < 4.78 is 29.4. The molecular weight excluding hydrogens is 411 g/mol. The van der Waals surface area contributed by atoms with Gasteiger partial charge in [-0.2, -0.15) is 0 Å². The molecule has 0 N–H and O–H groups in total. The highest BCUT2D eigenvalue weighted by Gasteiger charge is 2.12. The molecule has 0 saturated carbocycles. The van der Waals surface area contributed by atoms with Crippen LogP contribution in [0.4, 0.5) is 4.39 Å². The Morgan fingerprint density at radius 1 is 0.969 bits per heavy atom. The molecule has 0 spiro atoms. The second-order valence-electron chi connectivity index (χ2n) is 6.60. The van der Waals surface area contributed by atoms with Crippen LogP contribution in [0, 0.1) is 24.6 Å². The molecule has 0 fully saturated rings. The molecule has 3 aromatic carbocycles. The van der Waals surface area contributed by atoms with Gasteiger partial charge in [0.05, 0.1) is 5.56 Å². The van der Waals surface area contributed by atoms with Gasteiger partial charge in [-0.05, 0) is 61.5 Å². The van der Waals surface area contributed by atoms with Gasteiger partial charge >= 0.3 is 11.9 Å². The number of carbonyl (C=O) groups is 2. The number of benzene rings is 3. The quantitative estimate of drug-likeness (QED) is 0.185. The van der Waals surface area contributed by atoms with Crippen LogP contribution in [0.15, 0.2) is 79.4 Å². The SMILES string of the molecule is C=CC(=O)OCOc1ccc(C(=O)Oc2ccc(C#Cc3ccc(C)cc3)cc2F)cc1. The van der Waals surface area contributed by atoms with Crippen LogP contribution >= 0.6 is 0 Å². The molecule has 3 aromatic rings. The Morgan fingerprint density at radius 2 is 1.62 bits per heavy atom. The second-order valence-corrected chi connectivity index (χ2v) is 6.60. The summed E-state index contributed by atoms with van der Waals surface area (Å²) in [6.07, 6.45) is 1.02. The first-order valence-electron chi connectivity index (χ1n) is 9.57. The molecule has 0 amide bonds. The Bertz CT molecular complexity index is 1190. The number of hydrogen-bond acceptors (Lipinski definition) is 5. The standard InChI is InChI=1S/C26H19FO5/c1-3-25(28)31-17-30-22-13-11-21(12-14-22)26(29)32-24-15-10-20(16-23(24)27)9-8-19-6-4-18(2)5-7-19/h3-7,10-16H,1,17H2,2H3. The molecule has 0 aliphatic rings. The summed E-state index contributed by atoms with van der Waals surface area (Å²) in [6, 6.07) is 17.7. The van der Waals surface area contributed by atoms with E-state index in [1.807, 2.05) is 31.2 Å². The lowest BCUT2D eigenvalue weighted by Gasteiger charge is -2.08. The smallest absolute Gasteiger partial charge is 0.343 e. The van der Waals surface area contributed by atoms with Crippen molar-refractivity contribution in [3.8, 4) is 23.3 Å². The van der Waals surface area contributed by atoms with Gasteiger partial charge in [0.2, 0.25) is 6.79 Å². The summed E-state index contributed by atoms with van der Waals surface area (Å²) in [6.45, 7) is 4.96. The van der Waals surface area contributed by atoms with Crippen LogP contribution in [-0.2, 0) is 9.53 Å². The van der Waals surface area contributed by atoms with Crippen molar-refractivity contribution in [3.05, 3.63) is 107 Å². The Balaban J connectivity index is 1.60. The lowest BCUT2D eigenvalue weighted by Crippen LogP contribution is -2.10. The molecule has 0 heterocycles. The number of aryl methyl sites for hydroxylation is 1. The summed E-state index contributed by atoms with van der Waals surface area (Å²) in [5.74, 6) is 3.99. The summed E-state index contributed by atoms with van der Waals surface area (Å²) in [5.41, 5.74) is 2.60. The molecule has 0 radical (unpaired) electrons. The van der Waals surface area contributed by atoms with Crippen LogP contribution in [0.3, 0.4) is 0 Å². The second kappa shape index (κ2) is 10.6. The Morgan fingerprint density at radius 3 is 2.28 bits per heavy atom. The van der Waals surface area contributed by atoms with E-state index in [0.29, 0.717) is 11.3 Å². The van der Waals surface area contributed by atoms with Crippen molar-refractivity contribution in [2.75, 3.05) is 6.79 Å². The molecule has 0 aliphatic carbocycles. The van der Waals surface area contributed by atoms with Gasteiger partial charge in [0.15, 0.2) is 11.6 Å². The molecular formula is C26H19FO5. The van der Waals surface area contributed by atoms with Gasteiger partial charge in [0.1, 0.15) is 5.75 Å². The van der Waals surface area contributed by atoms with Gasteiger partial charge in [-0.3, -0.25) is 0 Å². The van der Waals surface area contributed by atoms with Crippen molar-refractivity contribution in [1.29, 1.82) is 0 Å². The van der Waals surface area contributed by atoms with E-state index in [1.54, 1.807) is 6.07 Å².